The van der Waals surface area contributed by atoms with Gasteiger partial charge in [-0.25, -0.2) is 18.5 Å². The number of aromatic amines is 1. The molecule has 2 rings (SSSR count). The molecule has 6 unspecified atom stereocenters. The first-order valence-corrected chi connectivity index (χ1v) is 12.7. The third kappa shape index (κ3) is 6.78. The fraction of sp³-hybridized carbons (Fsp3) is 0.667. The van der Waals surface area contributed by atoms with Gasteiger partial charge < -0.3 is 14.5 Å². The van der Waals surface area contributed by atoms with E-state index < -0.39 is 53.7 Å². The maximum absolute atomic E-state index is 12.1. The Morgan fingerprint density at radius 1 is 1.17 bits per heavy atom. The van der Waals surface area contributed by atoms with Gasteiger partial charge in [0.05, 0.1) is 12.7 Å². The summed E-state index contributed by atoms with van der Waals surface area (Å²) in [6.45, 7) is 1.21. The predicted octanol–water partition coefficient (Wildman–Crippen LogP) is 1.11. The van der Waals surface area contributed by atoms with Crippen LogP contribution in [-0.4, -0.2) is 46.3 Å². The van der Waals surface area contributed by atoms with E-state index in [1.807, 2.05) is 0 Å². The lowest BCUT2D eigenvalue weighted by molar-refractivity contribution is -0.0332. The van der Waals surface area contributed by atoms with Gasteiger partial charge in [0.25, 0.3) is 5.56 Å². The fourth-order valence-corrected chi connectivity index (χ4v) is 6.31. The molecule has 0 bridgehead atoms. The summed E-state index contributed by atoms with van der Waals surface area (Å²) in [4.78, 5) is 44.1. The van der Waals surface area contributed by atoms with E-state index in [2.05, 4.69) is 22.7 Å². The maximum Gasteiger partial charge on any atom is 0.492 e. The highest BCUT2D eigenvalue weighted by Gasteiger charge is 2.44. The van der Waals surface area contributed by atoms with E-state index in [9.17, 15) is 33.1 Å². The van der Waals surface area contributed by atoms with E-state index in [1.54, 1.807) is 6.92 Å². The van der Waals surface area contributed by atoms with Crippen molar-refractivity contribution in [2.75, 3.05) is 20.8 Å². The Kier molecular flexibility index (Phi) is 8.17. The molecule has 1 saturated heterocycles. The summed E-state index contributed by atoms with van der Waals surface area (Å²) in [5.74, 6) is -0.239. The van der Waals surface area contributed by atoms with Crippen LogP contribution in [0.1, 0.15) is 19.6 Å². The lowest BCUT2D eigenvalue weighted by Gasteiger charge is -2.21. The number of nitrogens with one attached hydrogen (secondary N) is 1. The molecule has 1 fully saturated rings. The highest BCUT2D eigenvalue weighted by molar-refractivity contribution is 7.67. The van der Waals surface area contributed by atoms with Crippen molar-refractivity contribution in [1.29, 1.82) is 0 Å². The molecule has 18 heteroatoms. The molecule has 1 aliphatic heterocycles. The molecule has 1 aliphatic rings. The Bertz CT molecular complexity index is 1010. The highest BCUT2D eigenvalue weighted by atomic mass is 31.3. The second-order valence-electron chi connectivity index (χ2n) is 6.09. The Balaban J connectivity index is 2.01. The predicted molar refractivity (Wildman–Crippen MR) is 98.4 cm³/mol. The van der Waals surface area contributed by atoms with Crippen molar-refractivity contribution in [3.8, 4) is 0 Å². The summed E-state index contributed by atoms with van der Waals surface area (Å²) < 4.78 is 63.8. The van der Waals surface area contributed by atoms with Crippen LogP contribution in [0.25, 0.3) is 0 Å². The number of phosphoric ester groups is 2. The van der Waals surface area contributed by atoms with Crippen molar-refractivity contribution in [3.05, 3.63) is 33.1 Å². The van der Waals surface area contributed by atoms with E-state index in [4.69, 9.17) is 9.26 Å². The molecule has 0 radical (unpaired) electrons. The van der Waals surface area contributed by atoms with Gasteiger partial charge >= 0.3 is 29.2 Å². The molecule has 0 spiro atoms. The van der Waals surface area contributed by atoms with E-state index in [0.29, 0.717) is 6.42 Å². The van der Waals surface area contributed by atoms with Crippen molar-refractivity contribution in [2.24, 2.45) is 5.92 Å². The Morgan fingerprint density at radius 2 is 1.80 bits per heavy atom. The molecule has 0 saturated carbocycles. The number of rotatable bonds is 10. The van der Waals surface area contributed by atoms with Gasteiger partial charge in [-0.2, -0.15) is 8.62 Å². The van der Waals surface area contributed by atoms with Gasteiger partial charge in [-0.05, 0) is 6.42 Å². The zero-order valence-corrected chi connectivity index (χ0v) is 18.7. The van der Waals surface area contributed by atoms with Crippen molar-refractivity contribution >= 4 is 23.5 Å². The number of phosphoric acid groups is 3. The minimum absolute atomic E-state index is 0.239. The molecule has 1 aromatic rings. The van der Waals surface area contributed by atoms with Gasteiger partial charge in [-0.1, -0.05) is 6.92 Å². The minimum Gasteiger partial charge on any atom is -0.352 e. The van der Waals surface area contributed by atoms with Crippen LogP contribution < -0.4 is 11.2 Å². The molecule has 30 heavy (non-hydrogen) atoms. The summed E-state index contributed by atoms with van der Waals surface area (Å²) in [6, 6.07) is 1.14. The lowest BCUT2D eigenvalue weighted by Crippen LogP contribution is -2.33. The molecule has 2 heterocycles. The normalized spacial score (nSPS) is 27.8. The van der Waals surface area contributed by atoms with Gasteiger partial charge in [-0.3, -0.25) is 27.9 Å². The second-order valence-corrected chi connectivity index (χ2v) is 11.2. The average molecular weight is 494 g/mol. The molecule has 0 aliphatic carbocycles. The number of aromatic nitrogens is 2. The Morgan fingerprint density at radius 3 is 2.37 bits per heavy atom. The second kappa shape index (κ2) is 9.68. The van der Waals surface area contributed by atoms with Gasteiger partial charge in [0.1, 0.15) is 6.23 Å². The van der Waals surface area contributed by atoms with Crippen LogP contribution in [-0.2, 0) is 40.6 Å². The zero-order chi connectivity index (χ0) is 22.7. The van der Waals surface area contributed by atoms with Crippen LogP contribution in [0, 0.1) is 5.92 Å². The summed E-state index contributed by atoms with van der Waals surface area (Å²) in [5, 5.41) is 0. The van der Waals surface area contributed by atoms with Crippen molar-refractivity contribution in [3.63, 3.8) is 0 Å². The third-order valence-corrected chi connectivity index (χ3v) is 8.50. The number of nitrogens with zero attached hydrogens (tertiary/aromatic N) is 1. The third-order valence-electron chi connectivity index (χ3n) is 3.86. The standard InChI is InChI=1S/C12H21N2O13P3/c1-8-6-9(25-11(8)14-5-4-10(15)13-12(14)16)7-24-29(19,20)27-30(21,23-3)26-28(17,18)22-2/h4-5,8-9,11H,6-7H2,1-3H3,(H,17,18)(H,19,20)(H,13,15,16). The van der Waals surface area contributed by atoms with Gasteiger partial charge in [0.2, 0.25) is 0 Å². The first-order chi connectivity index (χ1) is 13.8. The first kappa shape index (κ1) is 25.3. The van der Waals surface area contributed by atoms with Gasteiger partial charge in [-0.15, -0.1) is 0 Å². The largest absolute Gasteiger partial charge is 0.492 e. The molecule has 3 N–H and O–H groups in total. The first-order valence-electron chi connectivity index (χ1n) is 8.21. The summed E-state index contributed by atoms with van der Waals surface area (Å²) >= 11 is 0. The van der Waals surface area contributed by atoms with E-state index >= 15 is 0 Å². The number of ether oxygens (including phenoxy) is 1. The van der Waals surface area contributed by atoms with Crippen molar-refractivity contribution in [1.82, 2.24) is 9.55 Å². The monoisotopic (exact) mass is 494 g/mol. The Labute approximate surface area is 169 Å². The van der Waals surface area contributed by atoms with Gasteiger partial charge in [0.15, 0.2) is 0 Å². The minimum atomic E-state index is -5.10. The maximum atomic E-state index is 12.1. The van der Waals surface area contributed by atoms with Crippen LogP contribution in [0.4, 0.5) is 0 Å². The summed E-state index contributed by atoms with van der Waals surface area (Å²) in [6.07, 6.45) is -0.0127. The topological polar surface area (TPSA) is 202 Å². The average Bonchev–Trinajstić information content (AvgIpc) is 3.00. The lowest BCUT2D eigenvalue weighted by atomic mass is 10.1. The van der Waals surface area contributed by atoms with Crippen LogP contribution in [0.3, 0.4) is 0 Å². The zero-order valence-electron chi connectivity index (χ0n) is 16.0. The SMILES string of the molecule is COP(=O)(O)OP(=O)(OC)OP(=O)(O)OCC1CC(C)C(n2ccc(=O)[nH]c2=O)O1. The Hall–Kier alpha value is -0.950. The van der Waals surface area contributed by atoms with Crippen LogP contribution >= 0.6 is 23.5 Å². The molecule has 172 valence electrons. The molecule has 0 amide bonds. The summed E-state index contributed by atoms with van der Waals surface area (Å²) in [5.41, 5.74) is -1.27. The molecular formula is C12H21N2O13P3. The van der Waals surface area contributed by atoms with Crippen molar-refractivity contribution in [2.45, 2.75) is 25.7 Å². The van der Waals surface area contributed by atoms with Gasteiger partial charge in [0, 0.05) is 32.4 Å². The molecule has 15 nitrogen and oxygen atoms in total. The van der Waals surface area contributed by atoms with Crippen molar-refractivity contribution < 1.29 is 50.4 Å². The van der Waals surface area contributed by atoms with E-state index in [-0.39, 0.29) is 5.92 Å². The van der Waals surface area contributed by atoms with Crippen LogP contribution in [0.5, 0.6) is 0 Å². The molecule has 6 atom stereocenters. The highest BCUT2D eigenvalue weighted by Crippen LogP contribution is 2.69. The molecular weight excluding hydrogens is 473 g/mol. The van der Waals surface area contributed by atoms with Crippen LogP contribution in [0.15, 0.2) is 21.9 Å². The number of hydrogen-bond donors (Lipinski definition) is 3. The number of hydrogen-bond acceptors (Lipinski definition) is 11. The number of H-pyrrole nitrogens is 1. The van der Waals surface area contributed by atoms with Crippen LogP contribution in [0.2, 0.25) is 0 Å². The smallest absolute Gasteiger partial charge is 0.352 e. The molecule has 0 aromatic carbocycles. The fourth-order valence-electron chi connectivity index (χ4n) is 2.56. The van der Waals surface area contributed by atoms with E-state index in [0.717, 1.165) is 24.9 Å². The molecule has 1 aromatic heterocycles. The van der Waals surface area contributed by atoms with E-state index in [1.165, 1.54) is 6.20 Å². The summed E-state index contributed by atoms with van der Waals surface area (Å²) in [7, 11) is -13.5. The quantitative estimate of drug-likeness (QED) is 0.391.